The lowest BCUT2D eigenvalue weighted by Gasteiger charge is -2.19. The molecule has 1 fully saturated rings. The Labute approximate surface area is 121 Å². The second kappa shape index (κ2) is 5.57. The lowest BCUT2D eigenvalue weighted by Crippen LogP contribution is -2.31. The second-order valence-electron chi connectivity index (χ2n) is 6.59. The molecular weight excluding hydrogens is 248 g/mol. The molecule has 110 valence electrons. The van der Waals surface area contributed by atoms with Crippen molar-refractivity contribution in [3.8, 4) is 0 Å². The van der Waals surface area contributed by atoms with Gasteiger partial charge in [0.1, 0.15) is 0 Å². The van der Waals surface area contributed by atoms with Gasteiger partial charge in [-0.1, -0.05) is 39.8 Å². The van der Waals surface area contributed by atoms with Crippen molar-refractivity contribution in [2.24, 2.45) is 11.1 Å². The predicted molar refractivity (Wildman–Crippen MR) is 84.0 cm³/mol. The predicted octanol–water partition coefficient (Wildman–Crippen LogP) is 3.61. The van der Waals surface area contributed by atoms with Crippen molar-refractivity contribution in [1.82, 2.24) is 0 Å². The van der Waals surface area contributed by atoms with Crippen LogP contribution in [0.3, 0.4) is 0 Å². The zero-order chi connectivity index (χ0) is 14.9. The van der Waals surface area contributed by atoms with Gasteiger partial charge in [0, 0.05) is 12.2 Å². The molecule has 0 saturated heterocycles. The highest BCUT2D eigenvalue weighted by Gasteiger charge is 2.48. The molecule has 0 heterocycles. The fraction of sp³-hybridized carbons (Fsp3) is 0.588. The van der Waals surface area contributed by atoms with Crippen molar-refractivity contribution in [1.29, 1.82) is 0 Å². The number of nitrogens with two attached hydrogens (primary N) is 1. The standard InChI is InChI=1S/C17H26N2O/c1-11(2)13-5-6-15(14(9-13)12(3)4)19-16(20)17(10-18)7-8-17/h5-6,9,11-12H,7-8,10,18H2,1-4H3,(H,19,20). The zero-order valence-electron chi connectivity index (χ0n) is 13.0. The second-order valence-corrected chi connectivity index (χ2v) is 6.59. The Morgan fingerprint density at radius 2 is 1.90 bits per heavy atom. The summed E-state index contributed by atoms with van der Waals surface area (Å²) in [5, 5.41) is 3.09. The van der Waals surface area contributed by atoms with E-state index < -0.39 is 0 Å². The molecule has 3 nitrogen and oxygen atoms in total. The quantitative estimate of drug-likeness (QED) is 0.861. The van der Waals surface area contributed by atoms with E-state index in [4.69, 9.17) is 5.73 Å². The molecule has 3 N–H and O–H groups in total. The molecule has 1 aliphatic rings. The third-order valence-electron chi connectivity index (χ3n) is 4.34. The molecule has 0 radical (unpaired) electrons. The Hall–Kier alpha value is -1.35. The number of anilines is 1. The summed E-state index contributed by atoms with van der Waals surface area (Å²) < 4.78 is 0. The van der Waals surface area contributed by atoms with Gasteiger partial charge in [-0.25, -0.2) is 0 Å². The van der Waals surface area contributed by atoms with E-state index >= 15 is 0 Å². The van der Waals surface area contributed by atoms with E-state index in [1.54, 1.807) is 0 Å². The normalized spacial score (nSPS) is 16.6. The first-order valence-corrected chi connectivity index (χ1v) is 7.55. The number of amides is 1. The van der Waals surface area contributed by atoms with Gasteiger partial charge < -0.3 is 11.1 Å². The molecule has 0 aliphatic heterocycles. The fourth-order valence-electron chi connectivity index (χ4n) is 2.46. The summed E-state index contributed by atoms with van der Waals surface area (Å²) in [6.45, 7) is 9.13. The van der Waals surface area contributed by atoms with E-state index in [-0.39, 0.29) is 11.3 Å². The van der Waals surface area contributed by atoms with Gasteiger partial charge in [-0.05, 0) is 41.9 Å². The van der Waals surface area contributed by atoms with Crippen LogP contribution in [0.5, 0.6) is 0 Å². The van der Waals surface area contributed by atoms with E-state index in [1.807, 2.05) is 6.07 Å². The molecule has 1 saturated carbocycles. The first kappa shape index (κ1) is 15.0. The number of carbonyl (C=O) groups is 1. The maximum absolute atomic E-state index is 12.3. The molecule has 20 heavy (non-hydrogen) atoms. The number of rotatable bonds is 5. The lowest BCUT2D eigenvalue weighted by atomic mass is 9.94. The third-order valence-corrected chi connectivity index (χ3v) is 4.34. The number of nitrogens with one attached hydrogen (secondary N) is 1. The van der Waals surface area contributed by atoms with Gasteiger partial charge in [-0.3, -0.25) is 4.79 Å². The highest BCUT2D eigenvalue weighted by atomic mass is 16.2. The minimum absolute atomic E-state index is 0.0826. The van der Waals surface area contributed by atoms with E-state index in [0.29, 0.717) is 18.4 Å². The molecule has 0 spiro atoms. The maximum atomic E-state index is 12.3. The summed E-state index contributed by atoms with van der Waals surface area (Å²) in [6.07, 6.45) is 1.83. The molecule has 1 aliphatic carbocycles. The van der Waals surface area contributed by atoms with E-state index in [2.05, 4.69) is 45.1 Å². The summed E-state index contributed by atoms with van der Waals surface area (Å²) >= 11 is 0. The average molecular weight is 274 g/mol. The maximum Gasteiger partial charge on any atom is 0.231 e. The summed E-state index contributed by atoms with van der Waals surface area (Å²) in [7, 11) is 0. The van der Waals surface area contributed by atoms with Gasteiger partial charge >= 0.3 is 0 Å². The molecular formula is C17H26N2O. The Morgan fingerprint density at radius 1 is 1.25 bits per heavy atom. The van der Waals surface area contributed by atoms with Crippen LogP contribution in [0.25, 0.3) is 0 Å². The Kier molecular flexibility index (Phi) is 4.19. The third kappa shape index (κ3) is 2.88. The largest absolute Gasteiger partial charge is 0.329 e. The van der Waals surface area contributed by atoms with Crippen molar-refractivity contribution < 1.29 is 4.79 Å². The SMILES string of the molecule is CC(C)c1ccc(NC(=O)C2(CN)CC2)c(C(C)C)c1. The van der Waals surface area contributed by atoms with E-state index in [1.165, 1.54) is 11.1 Å². The number of benzene rings is 1. The minimum atomic E-state index is -0.301. The van der Waals surface area contributed by atoms with Gasteiger partial charge in [0.2, 0.25) is 5.91 Å². The van der Waals surface area contributed by atoms with Gasteiger partial charge in [0.05, 0.1) is 5.41 Å². The topological polar surface area (TPSA) is 55.1 Å². The van der Waals surface area contributed by atoms with Crippen LogP contribution in [-0.2, 0) is 4.79 Å². The Balaban J connectivity index is 2.25. The van der Waals surface area contributed by atoms with Crippen molar-refractivity contribution in [2.75, 3.05) is 11.9 Å². The average Bonchev–Trinajstić information content (AvgIpc) is 3.19. The zero-order valence-corrected chi connectivity index (χ0v) is 13.0. The molecule has 1 aromatic rings. The Morgan fingerprint density at radius 3 is 2.35 bits per heavy atom. The molecule has 0 unspecified atom stereocenters. The summed E-state index contributed by atoms with van der Waals surface area (Å²) in [6, 6.07) is 6.36. The van der Waals surface area contributed by atoms with E-state index in [9.17, 15) is 4.79 Å². The molecule has 0 atom stereocenters. The van der Waals surface area contributed by atoms with Crippen LogP contribution in [0.4, 0.5) is 5.69 Å². The highest BCUT2D eigenvalue weighted by Crippen LogP contribution is 2.45. The molecule has 0 bridgehead atoms. The molecule has 2 rings (SSSR count). The van der Waals surface area contributed by atoms with Gasteiger partial charge in [0.15, 0.2) is 0 Å². The van der Waals surface area contributed by atoms with Crippen molar-refractivity contribution in [2.45, 2.75) is 52.4 Å². The van der Waals surface area contributed by atoms with Crippen LogP contribution in [0.15, 0.2) is 18.2 Å². The van der Waals surface area contributed by atoms with Crippen LogP contribution in [-0.4, -0.2) is 12.5 Å². The molecule has 1 amide bonds. The van der Waals surface area contributed by atoms with Crippen LogP contribution in [0.2, 0.25) is 0 Å². The molecule has 0 aromatic heterocycles. The fourth-order valence-corrected chi connectivity index (χ4v) is 2.46. The summed E-state index contributed by atoms with van der Waals surface area (Å²) in [5.41, 5.74) is 8.88. The van der Waals surface area contributed by atoms with Gasteiger partial charge in [0.25, 0.3) is 0 Å². The Bertz CT molecular complexity index is 502. The lowest BCUT2D eigenvalue weighted by molar-refractivity contribution is -0.120. The smallest absolute Gasteiger partial charge is 0.231 e. The van der Waals surface area contributed by atoms with Crippen molar-refractivity contribution in [3.05, 3.63) is 29.3 Å². The van der Waals surface area contributed by atoms with Gasteiger partial charge in [-0.15, -0.1) is 0 Å². The van der Waals surface area contributed by atoms with Crippen molar-refractivity contribution in [3.63, 3.8) is 0 Å². The van der Waals surface area contributed by atoms with Gasteiger partial charge in [-0.2, -0.15) is 0 Å². The molecule has 3 heteroatoms. The first-order valence-electron chi connectivity index (χ1n) is 7.55. The van der Waals surface area contributed by atoms with Crippen LogP contribution in [0.1, 0.15) is 63.5 Å². The first-order chi connectivity index (χ1) is 9.39. The summed E-state index contributed by atoms with van der Waals surface area (Å²) in [5.74, 6) is 0.965. The monoisotopic (exact) mass is 274 g/mol. The van der Waals surface area contributed by atoms with Crippen LogP contribution < -0.4 is 11.1 Å². The van der Waals surface area contributed by atoms with Crippen LogP contribution in [0, 0.1) is 5.41 Å². The number of carbonyl (C=O) groups excluding carboxylic acids is 1. The number of hydrogen-bond donors (Lipinski definition) is 2. The molecule has 1 aromatic carbocycles. The number of hydrogen-bond acceptors (Lipinski definition) is 2. The van der Waals surface area contributed by atoms with Crippen molar-refractivity contribution >= 4 is 11.6 Å². The van der Waals surface area contributed by atoms with Crippen LogP contribution >= 0.6 is 0 Å². The summed E-state index contributed by atoms with van der Waals surface area (Å²) in [4.78, 5) is 12.3. The highest BCUT2D eigenvalue weighted by molar-refractivity contribution is 5.98. The minimum Gasteiger partial charge on any atom is -0.329 e. The van der Waals surface area contributed by atoms with E-state index in [0.717, 1.165) is 18.5 Å².